The van der Waals surface area contributed by atoms with E-state index in [1.54, 1.807) is 11.8 Å². The van der Waals surface area contributed by atoms with Gasteiger partial charge in [0.15, 0.2) is 17.1 Å². The number of ether oxygens (including phenoxy) is 1. The summed E-state index contributed by atoms with van der Waals surface area (Å²) in [4.78, 5) is 0. The van der Waals surface area contributed by atoms with E-state index >= 15 is 0 Å². The Morgan fingerprint density at radius 2 is 1.93 bits per heavy atom. The second-order valence-electron chi connectivity index (χ2n) is 6.15. The Morgan fingerprint density at radius 3 is 2.67 bits per heavy atom. The van der Waals surface area contributed by atoms with Crippen molar-refractivity contribution in [2.75, 3.05) is 0 Å². The Morgan fingerprint density at radius 1 is 1.19 bits per heavy atom. The van der Waals surface area contributed by atoms with E-state index in [-0.39, 0.29) is 6.10 Å². The molecule has 6 heteroatoms. The summed E-state index contributed by atoms with van der Waals surface area (Å²) in [5.74, 6) is 2.35. The lowest BCUT2D eigenvalue weighted by molar-refractivity contribution is 0.209. The van der Waals surface area contributed by atoms with E-state index < -0.39 is 0 Å². The van der Waals surface area contributed by atoms with Gasteiger partial charge >= 0.3 is 0 Å². The number of aromatic nitrogens is 3. The van der Waals surface area contributed by atoms with E-state index in [4.69, 9.17) is 16.3 Å². The van der Waals surface area contributed by atoms with Crippen LogP contribution in [-0.2, 0) is 12.3 Å². The van der Waals surface area contributed by atoms with Crippen LogP contribution in [0.2, 0.25) is 5.02 Å². The smallest absolute Gasteiger partial charge is 0.191 e. The number of hydrogen-bond donors (Lipinski definition) is 0. The molecule has 0 spiro atoms. The van der Waals surface area contributed by atoms with E-state index in [0.717, 1.165) is 38.6 Å². The number of thioether (sulfide) groups is 1. The first kappa shape index (κ1) is 19.5. The Balaban J connectivity index is 1.79. The van der Waals surface area contributed by atoms with Crippen molar-refractivity contribution in [3.05, 3.63) is 83.2 Å². The molecule has 0 aliphatic rings. The first-order valence-electron chi connectivity index (χ1n) is 8.72. The van der Waals surface area contributed by atoms with Gasteiger partial charge in [0.05, 0.1) is 0 Å². The third-order valence-corrected chi connectivity index (χ3v) is 5.52. The molecule has 140 valence electrons. The van der Waals surface area contributed by atoms with Crippen LogP contribution in [0, 0.1) is 6.92 Å². The zero-order valence-electron chi connectivity index (χ0n) is 15.4. The van der Waals surface area contributed by atoms with Crippen LogP contribution in [0.15, 0.2) is 66.3 Å². The summed E-state index contributed by atoms with van der Waals surface area (Å²) < 4.78 is 8.16. The molecule has 1 aromatic heterocycles. The highest BCUT2D eigenvalue weighted by Gasteiger charge is 2.19. The fraction of sp³-hybridized carbons (Fsp3) is 0.238. The number of para-hydroxylation sites is 1. The van der Waals surface area contributed by atoms with Gasteiger partial charge in [-0.1, -0.05) is 65.8 Å². The predicted octanol–water partition coefficient (Wildman–Crippen LogP) is 5.86. The fourth-order valence-corrected chi connectivity index (χ4v) is 3.94. The number of aryl methyl sites for hydroxylation is 1. The van der Waals surface area contributed by atoms with Crippen LogP contribution in [0.3, 0.4) is 0 Å². The van der Waals surface area contributed by atoms with Crippen LogP contribution in [0.5, 0.6) is 5.75 Å². The molecule has 27 heavy (non-hydrogen) atoms. The van der Waals surface area contributed by atoms with E-state index in [9.17, 15) is 0 Å². The number of benzene rings is 2. The monoisotopic (exact) mass is 399 g/mol. The molecular weight excluding hydrogens is 378 g/mol. The summed E-state index contributed by atoms with van der Waals surface area (Å²) in [6, 6.07) is 15.8. The first-order valence-corrected chi connectivity index (χ1v) is 10.1. The average molecular weight is 400 g/mol. The van der Waals surface area contributed by atoms with Gasteiger partial charge < -0.3 is 4.74 Å². The molecule has 0 saturated carbocycles. The predicted molar refractivity (Wildman–Crippen MR) is 111 cm³/mol. The highest BCUT2D eigenvalue weighted by atomic mass is 35.5. The maximum Gasteiger partial charge on any atom is 0.191 e. The third-order valence-electron chi connectivity index (χ3n) is 4.13. The minimum atomic E-state index is -0.229. The van der Waals surface area contributed by atoms with Crippen LogP contribution in [0.4, 0.5) is 0 Å². The molecule has 1 heterocycles. The van der Waals surface area contributed by atoms with Crippen LogP contribution in [0.25, 0.3) is 0 Å². The minimum absolute atomic E-state index is 0.229. The van der Waals surface area contributed by atoms with E-state index in [1.807, 2.05) is 73.0 Å². The first-order chi connectivity index (χ1) is 13.1. The molecule has 0 aliphatic carbocycles. The Bertz CT molecular complexity index is 925. The van der Waals surface area contributed by atoms with Crippen molar-refractivity contribution in [1.82, 2.24) is 14.8 Å². The number of rotatable bonds is 8. The zero-order valence-corrected chi connectivity index (χ0v) is 17.0. The Labute approximate surface area is 169 Å². The van der Waals surface area contributed by atoms with E-state index in [0.29, 0.717) is 6.54 Å². The van der Waals surface area contributed by atoms with Gasteiger partial charge in [0.25, 0.3) is 0 Å². The SMILES string of the molecule is C=CCn1c(SCc2ccccc2Cl)nnc1C(C)Oc1ccccc1C. The normalized spacial score (nSPS) is 12.0. The zero-order chi connectivity index (χ0) is 19.2. The maximum absolute atomic E-state index is 6.26. The standard InChI is InChI=1S/C21H22ClN3OS/c1-4-13-25-20(16(3)26-19-12-8-5-9-15(19)2)23-24-21(25)27-14-17-10-6-7-11-18(17)22/h4-12,16H,1,13-14H2,2-3H3. The van der Waals surface area contributed by atoms with Gasteiger partial charge in [-0.3, -0.25) is 4.57 Å². The lowest BCUT2D eigenvalue weighted by atomic mass is 10.2. The molecule has 0 N–H and O–H groups in total. The van der Waals surface area contributed by atoms with Gasteiger partial charge in [-0.2, -0.15) is 0 Å². The van der Waals surface area contributed by atoms with Gasteiger partial charge in [0.1, 0.15) is 5.75 Å². The van der Waals surface area contributed by atoms with E-state index in [1.165, 1.54) is 0 Å². The molecule has 2 aromatic carbocycles. The van der Waals surface area contributed by atoms with Gasteiger partial charge in [-0.05, 0) is 37.1 Å². The van der Waals surface area contributed by atoms with Crippen molar-refractivity contribution < 1.29 is 4.74 Å². The van der Waals surface area contributed by atoms with Crippen molar-refractivity contribution in [1.29, 1.82) is 0 Å². The lowest BCUT2D eigenvalue weighted by Gasteiger charge is -2.17. The van der Waals surface area contributed by atoms with Gasteiger partial charge in [-0.15, -0.1) is 16.8 Å². The van der Waals surface area contributed by atoms with Crippen molar-refractivity contribution in [3.8, 4) is 5.75 Å². The van der Waals surface area contributed by atoms with Crippen LogP contribution in [0.1, 0.15) is 30.0 Å². The molecule has 0 bridgehead atoms. The number of halogens is 1. The van der Waals surface area contributed by atoms with Gasteiger partial charge in [-0.25, -0.2) is 0 Å². The Kier molecular flexibility index (Phi) is 6.58. The molecular formula is C21H22ClN3OS. The molecule has 4 nitrogen and oxygen atoms in total. The van der Waals surface area contributed by atoms with Crippen LogP contribution < -0.4 is 4.74 Å². The molecule has 0 radical (unpaired) electrons. The lowest BCUT2D eigenvalue weighted by Crippen LogP contribution is -2.12. The summed E-state index contributed by atoms with van der Waals surface area (Å²) >= 11 is 7.86. The highest BCUT2D eigenvalue weighted by molar-refractivity contribution is 7.98. The summed E-state index contributed by atoms with van der Waals surface area (Å²) in [5, 5.41) is 10.3. The molecule has 0 aliphatic heterocycles. The molecule has 0 saturated heterocycles. The summed E-state index contributed by atoms with van der Waals surface area (Å²) in [6.45, 7) is 8.49. The quantitative estimate of drug-likeness (QED) is 0.351. The summed E-state index contributed by atoms with van der Waals surface area (Å²) in [6.07, 6.45) is 1.61. The summed E-state index contributed by atoms with van der Waals surface area (Å²) in [7, 11) is 0. The van der Waals surface area contributed by atoms with Crippen LogP contribution >= 0.6 is 23.4 Å². The van der Waals surface area contributed by atoms with Crippen molar-refractivity contribution in [2.24, 2.45) is 0 Å². The summed E-state index contributed by atoms with van der Waals surface area (Å²) in [5.41, 5.74) is 2.16. The topological polar surface area (TPSA) is 39.9 Å². The third kappa shape index (κ3) is 4.73. The van der Waals surface area contributed by atoms with Crippen molar-refractivity contribution in [3.63, 3.8) is 0 Å². The second-order valence-corrected chi connectivity index (χ2v) is 7.50. The maximum atomic E-state index is 6.26. The molecule has 3 aromatic rings. The second kappa shape index (κ2) is 9.11. The molecule has 3 rings (SSSR count). The van der Waals surface area contributed by atoms with Crippen molar-refractivity contribution in [2.45, 2.75) is 37.4 Å². The molecule has 1 atom stereocenters. The van der Waals surface area contributed by atoms with Crippen LogP contribution in [-0.4, -0.2) is 14.8 Å². The average Bonchev–Trinajstić information content (AvgIpc) is 3.06. The minimum Gasteiger partial charge on any atom is -0.482 e. The fourth-order valence-electron chi connectivity index (χ4n) is 2.70. The van der Waals surface area contributed by atoms with Gasteiger partial charge in [0.2, 0.25) is 0 Å². The molecule has 0 fully saturated rings. The Hall–Kier alpha value is -2.24. The molecule has 0 amide bonds. The van der Waals surface area contributed by atoms with E-state index in [2.05, 4.69) is 16.8 Å². The van der Waals surface area contributed by atoms with Crippen molar-refractivity contribution >= 4 is 23.4 Å². The highest BCUT2D eigenvalue weighted by Crippen LogP contribution is 2.29. The number of nitrogens with zero attached hydrogens (tertiary/aromatic N) is 3. The largest absolute Gasteiger partial charge is 0.482 e. The van der Waals surface area contributed by atoms with Gasteiger partial charge in [0, 0.05) is 17.3 Å². The number of hydrogen-bond acceptors (Lipinski definition) is 4. The molecule has 1 unspecified atom stereocenters. The number of allylic oxidation sites excluding steroid dienone is 1.